The molecule has 1 fully saturated rings. The molecule has 3 aliphatic rings. The Hall–Kier alpha value is -2.00. The number of hydrogen-bond donors (Lipinski definition) is 0. The predicted molar refractivity (Wildman–Crippen MR) is 220 cm³/mol. The van der Waals surface area contributed by atoms with Crippen LogP contribution in [0, 0.1) is 29.6 Å². The number of hydrogen-bond acceptors (Lipinski definition) is 4. The standard InChI is InChI=1S/C22H26ClO2P.C10H13NS.C7H16.C4H10/c1-6-13(2)20(24)17-12-19-21(25-17)16(22(3,4)5)11-18(26-19)14-7-9-15(23)10-8-14;1-7(9-4-3-5-9)10-6-12-8(2)11-10;1-5-6-7(2,3)4;1-3-4-2/h7-13,19,26H,6H2,1-5H3;6,9H,1,3-5H2,2H3;5-6H2,1-4H3;3-4H2,1-2H3. The van der Waals surface area contributed by atoms with Crippen LogP contribution in [-0.4, -0.2) is 16.4 Å². The first kappa shape index (κ1) is 43.2. The number of unbranched alkanes of at least 4 members (excludes halogenated alkanes) is 1. The fraction of sp³-hybridized carbons (Fsp3) is 0.581. The highest BCUT2D eigenvalue weighted by molar-refractivity contribution is 7.52. The molecule has 272 valence electrons. The minimum absolute atomic E-state index is 0.00730. The molecule has 1 aromatic heterocycles. The Labute approximate surface area is 310 Å². The largest absolute Gasteiger partial charge is 0.457 e. The minimum Gasteiger partial charge on any atom is -0.457 e. The Bertz CT molecular complexity index is 1450. The van der Waals surface area contributed by atoms with Crippen LogP contribution in [-0.2, 0) is 9.53 Å². The molecular weight excluding hydrogens is 661 g/mol. The maximum Gasteiger partial charge on any atom is 0.200 e. The Morgan fingerprint density at radius 3 is 2.06 bits per heavy atom. The SMILES string of the molecule is C=C(c1csc(C)n1)C1CCC1.CCC(C)C(=O)C1=CC2PC(c3ccc(Cl)cc3)=CC(C(C)(C)C)=C2O1.CCCC.CCCC(C)(C)C. The first-order valence-electron chi connectivity index (χ1n) is 18.5. The quantitative estimate of drug-likeness (QED) is 0.254. The van der Waals surface area contributed by atoms with Crippen LogP contribution in [0.3, 0.4) is 0 Å². The molecule has 2 aliphatic heterocycles. The number of carbonyl (C=O) groups excluding carboxylic acids is 1. The van der Waals surface area contributed by atoms with Crippen LogP contribution in [0.2, 0.25) is 5.02 Å². The molecule has 5 rings (SSSR count). The molecule has 0 N–H and O–H groups in total. The van der Waals surface area contributed by atoms with Gasteiger partial charge in [-0.05, 0) is 95.7 Å². The number of rotatable bonds is 8. The monoisotopic (exact) mass is 725 g/mol. The number of Topliss-reactive ketones (excluding diaryl/α,β-unsaturated/α-hetero) is 1. The third kappa shape index (κ3) is 13.9. The smallest absolute Gasteiger partial charge is 0.200 e. The molecule has 3 nitrogen and oxygen atoms in total. The Morgan fingerprint density at radius 1 is 1.04 bits per heavy atom. The topological polar surface area (TPSA) is 39.2 Å². The van der Waals surface area contributed by atoms with Crippen molar-refractivity contribution in [1.82, 2.24) is 4.98 Å². The maximum absolute atomic E-state index is 12.6. The lowest BCUT2D eigenvalue weighted by Crippen LogP contribution is -2.17. The van der Waals surface area contributed by atoms with Crippen LogP contribution in [0.1, 0.15) is 144 Å². The molecule has 6 heteroatoms. The third-order valence-corrected chi connectivity index (χ3v) is 11.5. The van der Waals surface area contributed by atoms with Gasteiger partial charge < -0.3 is 4.74 Å². The second-order valence-electron chi connectivity index (χ2n) is 15.7. The molecule has 0 radical (unpaired) electrons. The Balaban J connectivity index is 0.000000296. The van der Waals surface area contributed by atoms with Gasteiger partial charge in [0.05, 0.1) is 16.4 Å². The number of carbonyl (C=O) groups is 1. The van der Waals surface area contributed by atoms with Crippen molar-refractivity contribution < 1.29 is 9.53 Å². The fourth-order valence-corrected chi connectivity index (χ4v) is 7.61. The van der Waals surface area contributed by atoms with E-state index in [4.69, 9.17) is 16.3 Å². The molecule has 0 saturated heterocycles. The number of allylic oxidation sites excluding steroid dienone is 5. The van der Waals surface area contributed by atoms with Crippen molar-refractivity contribution in [2.75, 3.05) is 0 Å². The highest BCUT2D eigenvalue weighted by Gasteiger charge is 2.37. The molecule has 0 amide bonds. The average molecular weight is 726 g/mol. The average Bonchev–Trinajstić information content (AvgIpc) is 3.65. The summed E-state index contributed by atoms with van der Waals surface area (Å²) in [5, 5.41) is 5.30. The van der Waals surface area contributed by atoms with E-state index in [1.54, 1.807) is 11.3 Å². The Morgan fingerprint density at radius 2 is 1.65 bits per heavy atom. The van der Waals surface area contributed by atoms with Crippen molar-refractivity contribution in [2.24, 2.45) is 22.7 Å². The summed E-state index contributed by atoms with van der Waals surface area (Å²) in [5.41, 5.74) is 5.39. The van der Waals surface area contributed by atoms with E-state index in [1.807, 2.05) is 39.0 Å². The van der Waals surface area contributed by atoms with Crippen LogP contribution < -0.4 is 0 Å². The molecule has 1 saturated carbocycles. The first-order chi connectivity index (χ1) is 22.9. The number of aromatic nitrogens is 1. The highest BCUT2D eigenvalue weighted by atomic mass is 35.5. The summed E-state index contributed by atoms with van der Waals surface area (Å²) in [6.45, 7) is 30.1. The zero-order valence-corrected chi connectivity index (χ0v) is 35.3. The van der Waals surface area contributed by atoms with Gasteiger partial charge in [0, 0.05) is 16.3 Å². The van der Waals surface area contributed by atoms with Gasteiger partial charge in [-0.2, -0.15) is 0 Å². The van der Waals surface area contributed by atoms with Crippen LogP contribution in [0.4, 0.5) is 0 Å². The summed E-state index contributed by atoms with van der Waals surface area (Å²) in [6, 6.07) is 7.99. The summed E-state index contributed by atoms with van der Waals surface area (Å²) >= 11 is 7.76. The van der Waals surface area contributed by atoms with Gasteiger partial charge in [-0.1, -0.05) is 141 Å². The number of ether oxygens (including phenoxy) is 1. The van der Waals surface area contributed by atoms with Crippen LogP contribution in [0.25, 0.3) is 10.9 Å². The van der Waals surface area contributed by atoms with Gasteiger partial charge in [-0.15, -0.1) is 11.3 Å². The summed E-state index contributed by atoms with van der Waals surface area (Å²) in [5.74, 6) is 2.32. The predicted octanol–water partition coefficient (Wildman–Crippen LogP) is 14.5. The number of halogens is 1. The molecule has 2 aromatic rings. The normalized spacial score (nSPS) is 18.2. The van der Waals surface area contributed by atoms with E-state index in [0.717, 1.165) is 33.8 Å². The van der Waals surface area contributed by atoms with Crippen molar-refractivity contribution >= 4 is 48.2 Å². The second-order valence-corrected chi connectivity index (χ2v) is 18.7. The molecule has 3 atom stereocenters. The lowest BCUT2D eigenvalue weighted by Gasteiger charge is -2.30. The summed E-state index contributed by atoms with van der Waals surface area (Å²) in [4.78, 5) is 17.1. The van der Waals surface area contributed by atoms with E-state index >= 15 is 0 Å². The number of nitrogens with zero attached hydrogens (tertiary/aromatic N) is 1. The van der Waals surface area contributed by atoms with Gasteiger partial charge in [0.2, 0.25) is 0 Å². The second kappa shape index (κ2) is 20.1. The van der Waals surface area contributed by atoms with Gasteiger partial charge in [0.15, 0.2) is 11.5 Å². The minimum atomic E-state index is -0.0567. The molecule has 0 spiro atoms. The zero-order chi connectivity index (χ0) is 36.9. The van der Waals surface area contributed by atoms with Gasteiger partial charge in [-0.3, -0.25) is 4.79 Å². The number of ketones is 1. The van der Waals surface area contributed by atoms with E-state index in [0.29, 0.717) is 19.8 Å². The van der Waals surface area contributed by atoms with Gasteiger partial charge >= 0.3 is 0 Å². The molecule has 49 heavy (non-hydrogen) atoms. The fourth-order valence-electron chi connectivity index (χ4n) is 5.37. The van der Waals surface area contributed by atoms with E-state index in [-0.39, 0.29) is 22.8 Å². The van der Waals surface area contributed by atoms with Gasteiger partial charge in [0.25, 0.3) is 0 Å². The lowest BCUT2D eigenvalue weighted by atomic mass is 9.79. The van der Waals surface area contributed by atoms with Crippen molar-refractivity contribution in [3.8, 4) is 0 Å². The van der Waals surface area contributed by atoms with Gasteiger partial charge in [0.1, 0.15) is 5.76 Å². The van der Waals surface area contributed by atoms with Crippen molar-refractivity contribution in [1.29, 1.82) is 0 Å². The van der Waals surface area contributed by atoms with Crippen LogP contribution in [0.15, 0.2) is 65.5 Å². The van der Waals surface area contributed by atoms with Crippen LogP contribution in [0.5, 0.6) is 0 Å². The van der Waals surface area contributed by atoms with Crippen molar-refractivity contribution in [2.45, 2.75) is 140 Å². The first-order valence-corrected chi connectivity index (χ1v) is 20.8. The van der Waals surface area contributed by atoms with E-state index in [9.17, 15) is 4.79 Å². The molecular formula is C43H65ClNO2PS. The van der Waals surface area contributed by atoms with Crippen molar-refractivity contribution in [3.05, 3.63) is 86.8 Å². The summed E-state index contributed by atoms with van der Waals surface area (Å²) in [6.07, 6.45) is 14.4. The van der Waals surface area contributed by atoms with Gasteiger partial charge in [-0.25, -0.2) is 4.98 Å². The van der Waals surface area contributed by atoms with Crippen LogP contribution >= 0.6 is 31.5 Å². The number of benzene rings is 1. The molecule has 3 heterocycles. The lowest BCUT2D eigenvalue weighted by molar-refractivity contribution is -0.121. The van der Waals surface area contributed by atoms with E-state index < -0.39 is 0 Å². The summed E-state index contributed by atoms with van der Waals surface area (Å²) in [7, 11) is 0.545. The number of aryl methyl sites for hydroxylation is 1. The molecule has 1 aromatic carbocycles. The third-order valence-electron chi connectivity index (χ3n) is 9.00. The van der Waals surface area contributed by atoms with E-state index in [2.05, 4.69) is 97.5 Å². The molecule has 3 unspecified atom stereocenters. The Kier molecular flexibility index (Phi) is 17.7. The van der Waals surface area contributed by atoms with Crippen molar-refractivity contribution in [3.63, 3.8) is 0 Å². The highest BCUT2D eigenvalue weighted by Crippen LogP contribution is 2.53. The number of thiazole rings is 1. The summed E-state index contributed by atoms with van der Waals surface area (Å²) < 4.78 is 6.13. The molecule has 0 bridgehead atoms. The number of fused-ring (bicyclic) bond motifs is 1. The maximum atomic E-state index is 12.6. The van der Waals surface area contributed by atoms with E-state index in [1.165, 1.54) is 67.0 Å². The molecule has 1 aliphatic carbocycles. The zero-order valence-electron chi connectivity index (χ0n) is 32.7.